The Morgan fingerprint density at radius 1 is 1.53 bits per heavy atom. The van der Waals surface area contributed by atoms with E-state index in [4.69, 9.17) is 5.73 Å². The van der Waals surface area contributed by atoms with Gasteiger partial charge in [0.2, 0.25) is 0 Å². The van der Waals surface area contributed by atoms with E-state index in [0.29, 0.717) is 5.41 Å². The van der Waals surface area contributed by atoms with Crippen LogP contribution in [0.1, 0.15) is 19.8 Å². The van der Waals surface area contributed by atoms with E-state index >= 15 is 0 Å². The van der Waals surface area contributed by atoms with Crippen LogP contribution in [0, 0.1) is 11.3 Å². The second kappa shape index (κ2) is 5.48. The molecule has 0 aromatic carbocycles. The molecule has 0 spiro atoms. The highest BCUT2D eigenvalue weighted by molar-refractivity contribution is 5.85. The molecular formula is C11H24ClN3. The minimum Gasteiger partial charge on any atom is -0.330 e. The lowest BCUT2D eigenvalue weighted by molar-refractivity contribution is 0.250. The molecule has 15 heavy (non-hydrogen) atoms. The topological polar surface area (TPSA) is 41.3 Å². The second-order valence-electron chi connectivity index (χ2n) is 5.36. The molecular weight excluding hydrogens is 210 g/mol. The molecule has 2 fully saturated rings. The Labute approximate surface area is 99.2 Å². The third kappa shape index (κ3) is 3.31. The van der Waals surface area contributed by atoms with E-state index in [-0.39, 0.29) is 12.4 Å². The van der Waals surface area contributed by atoms with E-state index in [0.717, 1.165) is 12.5 Å². The summed E-state index contributed by atoms with van der Waals surface area (Å²) in [5.41, 5.74) is 6.19. The summed E-state index contributed by atoms with van der Waals surface area (Å²) in [5.74, 6) is 0.884. The van der Waals surface area contributed by atoms with E-state index in [9.17, 15) is 0 Å². The Hall–Kier alpha value is 0.170. The van der Waals surface area contributed by atoms with Crippen LogP contribution in [0.4, 0.5) is 0 Å². The highest BCUT2D eigenvalue weighted by atomic mass is 35.5. The van der Waals surface area contributed by atoms with Gasteiger partial charge in [-0.2, -0.15) is 0 Å². The van der Waals surface area contributed by atoms with Gasteiger partial charge in [-0.25, -0.2) is 0 Å². The van der Waals surface area contributed by atoms with Crippen LogP contribution in [0.5, 0.6) is 0 Å². The Balaban J connectivity index is 0.00000112. The SMILES string of the molecule is CC1(CN)CCN(CC2CCNC2)C1.Cl. The molecule has 3 nitrogen and oxygen atoms in total. The largest absolute Gasteiger partial charge is 0.330 e. The monoisotopic (exact) mass is 233 g/mol. The van der Waals surface area contributed by atoms with Crippen LogP contribution in [0.2, 0.25) is 0 Å². The standard InChI is InChI=1S/C11H23N3.ClH/c1-11(8-12)3-5-14(9-11)7-10-2-4-13-6-10;/h10,13H,2-9,12H2,1H3;1H. The molecule has 2 atom stereocenters. The Kier molecular flexibility index (Phi) is 4.84. The fourth-order valence-electron chi connectivity index (χ4n) is 2.68. The number of rotatable bonds is 3. The average molecular weight is 234 g/mol. The molecule has 2 heterocycles. The average Bonchev–Trinajstić information content (AvgIpc) is 2.78. The molecule has 0 aromatic heterocycles. The molecule has 2 unspecified atom stereocenters. The molecule has 2 saturated heterocycles. The van der Waals surface area contributed by atoms with Crippen molar-refractivity contribution in [3.63, 3.8) is 0 Å². The van der Waals surface area contributed by atoms with Gasteiger partial charge in [0.15, 0.2) is 0 Å². The highest BCUT2D eigenvalue weighted by Gasteiger charge is 2.33. The van der Waals surface area contributed by atoms with Crippen molar-refractivity contribution in [2.24, 2.45) is 17.1 Å². The van der Waals surface area contributed by atoms with Crippen molar-refractivity contribution >= 4 is 12.4 Å². The van der Waals surface area contributed by atoms with E-state index in [2.05, 4.69) is 17.1 Å². The highest BCUT2D eigenvalue weighted by Crippen LogP contribution is 2.29. The number of likely N-dealkylation sites (tertiary alicyclic amines) is 1. The van der Waals surface area contributed by atoms with Crippen molar-refractivity contribution < 1.29 is 0 Å². The zero-order chi connectivity index (χ0) is 10.0. The fraction of sp³-hybridized carbons (Fsp3) is 1.00. The van der Waals surface area contributed by atoms with Gasteiger partial charge in [0.1, 0.15) is 0 Å². The molecule has 0 amide bonds. The molecule has 0 aliphatic carbocycles. The number of nitrogens with two attached hydrogens (primary N) is 1. The first kappa shape index (κ1) is 13.2. The van der Waals surface area contributed by atoms with Gasteiger partial charge in [-0.1, -0.05) is 6.92 Å². The first-order valence-electron chi connectivity index (χ1n) is 5.85. The van der Waals surface area contributed by atoms with Crippen molar-refractivity contribution in [1.29, 1.82) is 0 Å². The fourth-order valence-corrected chi connectivity index (χ4v) is 2.68. The predicted molar refractivity (Wildman–Crippen MR) is 66.4 cm³/mol. The first-order chi connectivity index (χ1) is 6.72. The quantitative estimate of drug-likeness (QED) is 0.754. The van der Waals surface area contributed by atoms with Gasteiger partial charge in [-0.15, -0.1) is 12.4 Å². The Morgan fingerprint density at radius 3 is 2.87 bits per heavy atom. The van der Waals surface area contributed by atoms with E-state index in [1.807, 2.05) is 0 Å². The van der Waals surface area contributed by atoms with Crippen LogP contribution in [-0.2, 0) is 0 Å². The molecule has 2 aliphatic rings. The summed E-state index contributed by atoms with van der Waals surface area (Å²) in [6.45, 7) is 9.33. The summed E-state index contributed by atoms with van der Waals surface area (Å²) in [5, 5.41) is 3.43. The summed E-state index contributed by atoms with van der Waals surface area (Å²) < 4.78 is 0. The third-order valence-electron chi connectivity index (χ3n) is 3.81. The second-order valence-corrected chi connectivity index (χ2v) is 5.36. The molecule has 0 aromatic rings. The molecule has 3 N–H and O–H groups in total. The van der Waals surface area contributed by atoms with Gasteiger partial charge < -0.3 is 16.0 Å². The van der Waals surface area contributed by atoms with Gasteiger partial charge in [0, 0.05) is 13.1 Å². The smallest absolute Gasteiger partial charge is 0.00480 e. The molecule has 0 bridgehead atoms. The minimum absolute atomic E-state index is 0. The minimum atomic E-state index is 0. The molecule has 2 rings (SSSR count). The number of hydrogen-bond acceptors (Lipinski definition) is 3. The molecule has 2 aliphatic heterocycles. The number of nitrogens with zero attached hydrogens (tertiary/aromatic N) is 1. The van der Waals surface area contributed by atoms with Crippen LogP contribution >= 0.6 is 12.4 Å². The van der Waals surface area contributed by atoms with Crippen LogP contribution in [0.15, 0.2) is 0 Å². The van der Waals surface area contributed by atoms with Gasteiger partial charge in [0.25, 0.3) is 0 Å². The third-order valence-corrected chi connectivity index (χ3v) is 3.81. The van der Waals surface area contributed by atoms with Gasteiger partial charge in [-0.3, -0.25) is 0 Å². The van der Waals surface area contributed by atoms with Gasteiger partial charge in [-0.05, 0) is 50.4 Å². The van der Waals surface area contributed by atoms with Crippen LogP contribution in [-0.4, -0.2) is 44.2 Å². The molecule has 90 valence electrons. The summed E-state index contributed by atoms with van der Waals surface area (Å²) in [6.07, 6.45) is 2.64. The zero-order valence-corrected chi connectivity index (χ0v) is 10.5. The maximum absolute atomic E-state index is 5.80. The van der Waals surface area contributed by atoms with Crippen molar-refractivity contribution in [3.8, 4) is 0 Å². The van der Waals surface area contributed by atoms with E-state index in [1.165, 1.54) is 45.6 Å². The lowest BCUT2D eigenvalue weighted by Crippen LogP contribution is -2.34. The lowest BCUT2D eigenvalue weighted by Gasteiger charge is -2.24. The van der Waals surface area contributed by atoms with E-state index < -0.39 is 0 Å². The lowest BCUT2D eigenvalue weighted by atomic mass is 9.90. The predicted octanol–water partition coefficient (Wildman–Crippen LogP) is 0.688. The molecule has 0 saturated carbocycles. The summed E-state index contributed by atoms with van der Waals surface area (Å²) in [7, 11) is 0. The van der Waals surface area contributed by atoms with Crippen molar-refractivity contribution in [3.05, 3.63) is 0 Å². The number of hydrogen-bond donors (Lipinski definition) is 2. The van der Waals surface area contributed by atoms with Crippen molar-refractivity contribution in [1.82, 2.24) is 10.2 Å². The number of nitrogens with one attached hydrogen (secondary N) is 1. The summed E-state index contributed by atoms with van der Waals surface area (Å²) in [4.78, 5) is 2.60. The molecule has 4 heteroatoms. The Morgan fingerprint density at radius 2 is 2.33 bits per heavy atom. The van der Waals surface area contributed by atoms with Gasteiger partial charge >= 0.3 is 0 Å². The zero-order valence-electron chi connectivity index (χ0n) is 9.67. The van der Waals surface area contributed by atoms with E-state index in [1.54, 1.807) is 0 Å². The normalized spacial score (nSPS) is 36.8. The Bertz CT molecular complexity index is 194. The van der Waals surface area contributed by atoms with Crippen molar-refractivity contribution in [2.75, 3.05) is 39.3 Å². The van der Waals surface area contributed by atoms with Crippen molar-refractivity contribution in [2.45, 2.75) is 19.8 Å². The maximum atomic E-state index is 5.80. The first-order valence-corrected chi connectivity index (χ1v) is 5.85. The van der Waals surface area contributed by atoms with Gasteiger partial charge in [0.05, 0.1) is 0 Å². The van der Waals surface area contributed by atoms with Crippen LogP contribution in [0.25, 0.3) is 0 Å². The van der Waals surface area contributed by atoms with Crippen LogP contribution < -0.4 is 11.1 Å². The maximum Gasteiger partial charge on any atom is 0.00480 e. The van der Waals surface area contributed by atoms with Crippen LogP contribution in [0.3, 0.4) is 0 Å². The molecule has 0 radical (unpaired) electrons. The summed E-state index contributed by atoms with van der Waals surface area (Å²) in [6, 6.07) is 0. The summed E-state index contributed by atoms with van der Waals surface area (Å²) >= 11 is 0. The number of halogens is 1.